The highest BCUT2D eigenvalue weighted by molar-refractivity contribution is 5.98. The average Bonchev–Trinajstić information content (AvgIpc) is 3.01. The zero-order valence-electron chi connectivity index (χ0n) is 14.9. The van der Waals surface area contributed by atoms with Gasteiger partial charge in [0.1, 0.15) is 5.82 Å². The van der Waals surface area contributed by atoms with Crippen molar-refractivity contribution in [1.82, 2.24) is 0 Å². The van der Waals surface area contributed by atoms with E-state index >= 15 is 0 Å². The quantitative estimate of drug-likeness (QED) is 0.801. The van der Waals surface area contributed by atoms with E-state index in [1.807, 2.05) is 45.0 Å². The summed E-state index contributed by atoms with van der Waals surface area (Å²) in [5.74, 6) is -0.878. The lowest BCUT2D eigenvalue weighted by Gasteiger charge is -2.15. The maximum atomic E-state index is 12.7. The number of aryl methyl sites for hydroxylation is 1. The van der Waals surface area contributed by atoms with Gasteiger partial charge in [0.2, 0.25) is 0 Å². The Kier molecular flexibility index (Phi) is 8.57. The highest BCUT2D eigenvalue weighted by atomic mass is 19.1. The van der Waals surface area contributed by atoms with Crippen LogP contribution in [-0.4, -0.2) is 17.5 Å². The number of rotatable bonds is 2. The lowest BCUT2D eigenvalue weighted by molar-refractivity contribution is -0.116. The van der Waals surface area contributed by atoms with Crippen molar-refractivity contribution in [3.05, 3.63) is 77.6 Å². The number of aliphatic hydroxyl groups excluding tert-OH is 1. The van der Waals surface area contributed by atoms with Crippen LogP contribution in [-0.2, 0) is 4.79 Å². The molecule has 3 nitrogen and oxygen atoms in total. The van der Waals surface area contributed by atoms with Gasteiger partial charge in [0.25, 0.3) is 0 Å². The molecule has 25 heavy (non-hydrogen) atoms. The fourth-order valence-corrected chi connectivity index (χ4v) is 2.46. The summed E-state index contributed by atoms with van der Waals surface area (Å²) in [6.07, 6.45) is 3.19. The number of hydrogen-bond donors (Lipinski definition) is 2. The number of halogens is 1. The average molecular weight is 343 g/mol. The molecule has 1 aliphatic carbocycles. The zero-order chi connectivity index (χ0) is 18.8. The summed E-state index contributed by atoms with van der Waals surface area (Å²) in [4.78, 5) is 11.5. The topological polar surface area (TPSA) is 63.3 Å². The summed E-state index contributed by atoms with van der Waals surface area (Å²) in [6.45, 7) is 5.98. The van der Waals surface area contributed by atoms with E-state index in [9.17, 15) is 9.18 Å². The van der Waals surface area contributed by atoms with Crippen LogP contribution in [0.15, 0.2) is 60.7 Å². The van der Waals surface area contributed by atoms with Crippen LogP contribution in [0.5, 0.6) is 0 Å². The summed E-state index contributed by atoms with van der Waals surface area (Å²) in [5, 5.41) is 9.09. The van der Waals surface area contributed by atoms with E-state index in [0.29, 0.717) is 0 Å². The van der Waals surface area contributed by atoms with Gasteiger partial charge in [0.05, 0.1) is 12.5 Å². The summed E-state index contributed by atoms with van der Waals surface area (Å²) in [5.41, 5.74) is 8.26. The first kappa shape index (κ1) is 20.6. The van der Waals surface area contributed by atoms with Crippen molar-refractivity contribution >= 4 is 11.5 Å². The molecule has 134 valence electrons. The minimum Gasteiger partial charge on any atom is -0.399 e. The molecule has 0 aliphatic heterocycles. The third-order valence-electron chi connectivity index (χ3n) is 3.76. The predicted molar refractivity (Wildman–Crippen MR) is 101 cm³/mol. The van der Waals surface area contributed by atoms with Crippen molar-refractivity contribution < 1.29 is 14.3 Å². The molecular weight excluding hydrogens is 317 g/mol. The summed E-state index contributed by atoms with van der Waals surface area (Å²) >= 11 is 0. The van der Waals surface area contributed by atoms with Crippen molar-refractivity contribution in [2.24, 2.45) is 5.92 Å². The lowest BCUT2D eigenvalue weighted by atomic mass is 9.88. The van der Waals surface area contributed by atoms with E-state index < -0.39 is 0 Å². The highest BCUT2D eigenvalue weighted by Gasteiger charge is 2.30. The Balaban J connectivity index is 0.000000264. The van der Waals surface area contributed by atoms with Crippen LogP contribution in [0.3, 0.4) is 0 Å². The Morgan fingerprint density at radius 2 is 1.60 bits per heavy atom. The number of nitrogen functional groups attached to an aromatic ring is 1. The van der Waals surface area contributed by atoms with Gasteiger partial charge in [0, 0.05) is 11.6 Å². The Bertz CT molecular complexity index is 657. The van der Waals surface area contributed by atoms with E-state index in [2.05, 4.69) is 0 Å². The van der Waals surface area contributed by atoms with Gasteiger partial charge >= 0.3 is 0 Å². The van der Waals surface area contributed by atoms with Crippen LogP contribution in [0.25, 0.3) is 0 Å². The van der Waals surface area contributed by atoms with Crippen molar-refractivity contribution in [3.63, 3.8) is 0 Å². The SMILES string of the molecule is CC.Cc1ccc(N)cc1.O=C1C=CC(CO)C1c1ccc(F)cc1. The molecule has 0 heterocycles. The van der Waals surface area contributed by atoms with Gasteiger partial charge in [-0.3, -0.25) is 4.79 Å². The van der Waals surface area contributed by atoms with Crippen LogP contribution in [0.4, 0.5) is 10.1 Å². The van der Waals surface area contributed by atoms with E-state index in [0.717, 1.165) is 11.3 Å². The second kappa shape index (κ2) is 10.4. The van der Waals surface area contributed by atoms with Crippen molar-refractivity contribution in [1.29, 1.82) is 0 Å². The molecule has 3 rings (SSSR count). The minimum atomic E-state index is -0.351. The predicted octanol–water partition coefficient (Wildman–Crippen LogP) is 4.26. The molecule has 0 saturated carbocycles. The van der Waals surface area contributed by atoms with Gasteiger partial charge in [-0.05, 0) is 42.8 Å². The molecule has 0 radical (unpaired) electrons. The van der Waals surface area contributed by atoms with Gasteiger partial charge in [-0.1, -0.05) is 49.8 Å². The fourth-order valence-electron chi connectivity index (χ4n) is 2.46. The standard InChI is InChI=1S/C12H11FO2.C7H9N.C2H6/c13-10-4-1-8(2-5-10)12-9(7-14)3-6-11(12)15;1-6-2-4-7(8)5-3-6;1-2/h1-6,9,12,14H,7H2;2-5H,8H2,1H3;1-2H3. The molecular formula is C21H26FNO2. The first-order valence-corrected chi connectivity index (χ1v) is 8.42. The second-order valence-corrected chi connectivity index (χ2v) is 5.55. The summed E-state index contributed by atoms with van der Waals surface area (Å²) < 4.78 is 12.7. The van der Waals surface area contributed by atoms with Crippen molar-refractivity contribution in [2.75, 3.05) is 12.3 Å². The fraction of sp³-hybridized carbons (Fsp3) is 0.286. The largest absolute Gasteiger partial charge is 0.399 e. The highest BCUT2D eigenvalue weighted by Crippen LogP contribution is 2.31. The molecule has 1 aliphatic rings. The van der Waals surface area contributed by atoms with E-state index in [4.69, 9.17) is 10.8 Å². The third-order valence-corrected chi connectivity index (χ3v) is 3.76. The minimum absolute atomic E-state index is 0.0272. The number of ketones is 1. The zero-order valence-corrected chi connectivity index (χ0v) is 14.9. The number of hydrogen-bond acceptors (Lipinski definition) is 3. The van der Waals surface area contributed by atoms with Gasteiger partial charge in [-0.2, -0.15) is 0 Å². The first-order valence-electron chi connectivity index (χ1n) is 8.42. The Morgan fingerprint density at radius 1 is 1.04 bits per heavy atom. The summed E-state index contributed by atoms with van der Waals surface area (Å²) in [7, 11) is 0. The Hall–Kier alpha value is -2.46. The van der Waals surface area contributed by atoms with E-state index in [1.165, 1.54) is 23.8 Å². The first-order chi connectivity index (χ1) is 12.0. The van der Waals surface area contributed by atoms with E-state index in [-0.39, 0.29) is 30.0 Å². The molecule has 0 amide bonds. The van der Waals surface area contributed by atoms with Crippen LogP contribution in [0.1, 0.15) is 30.9 Å². The number of benzene rings is 2. The molecule has 3 N–H and O–H groups in total. The maximum Gasteiger partial charge on any atom is 0.163 e. The molecule has 4 heteroatoms. The summed E-state index contributed by atoms with van der Waals surface area (Å²) in [6, 6.07) is 13.6. The maximum absolute atomic E-state index is 12.7. The number of anilines is 1. The smallest absolute Gasteiger partial charge is 0.163 e. The molecule has 0 aromatic heterocycles. The number of allylic oxidation sites excluding steroid dienone is 1. The molecule has 2 unspecified atom stereocenters. The monoisotopic (exact) mass is 343 g/mol. The van der Waals surface area contributed by atoms with Crippen LogP contribution >= 0.6 is 0 Å². The van der Waals surface area contributed by atoms with Crippen LogP contribution in [0.2, 0.25) is 0 Å². The second-order valence-electron chi connectivity index (χ2n) is 5.55. The number of carbonyl (C=O) groups is 1. The molecule has 0 fully saturated rings. The Labute approximate surface area is 149 Å². The Morgan fingerprint density at radius 3 is 2.08 bits per heavy atom. The molecule has 2 aromatic carbocycles. The lowest BCUT2D eigenvalue weighted by Crippen LogP contribution is -2.16. The van der Waals surface area contributed by atoms with Gasteiger partial charge in [-0.25, -0.2) is 4.39 Å². The molecule has 0 bridgehead atoms. The molecule has 2 aromatic rings. The number of carbonyl (C=O) groups excluding carboxylic acids is 1. The van der Waals surface area contributed by atoms with Crippen LogP contribution < -0.4 is 5.73 Å². The molecule has 2 atom stereocenters. The van der Waals surface area contributed by atoms with E-state index in [1.54, 1.807) is 18.2 Å². The normalized spacial score (nSPS) is 18.0. The number of nitrogens with two attached hydrogens (primary N) is 1. The van der Waals surface area contributed by atoms with Gasteiger partial charge in [-0.15, -0.1) is 0 Å². The van der Waals surface area contributed by atoms with Gasteiger partial charge in [0.15, 0.2) is 5.78 Å². The molecule has 0 saturated heterocycles. The third kappa shape index (κ3) is 6.16. The van der Waals surface area contributed by atoms with Gasteiger partial charge < -0.3 is 10.8 Å². The molecule has 0 spiro atoms. The van der Waals surface area contributed by atoms with Crippen molar-refractivity contribution in [2.45, 2.75) is 26.7 Å². The van der Waals surface area contributed by atoms with Crippen molar-refractivity contribution in [3.8, 4) is 0 Å². The van der Waals surface area contributed by atoms with Crippen LogP contribution in [0, 0.1) is 18.7 Å². The number of aliphatic hydroxyl groups is 1.